The summed E-state index contributed by atoms with van der Waals surface area (Å²) < 4.78 is 68.5. The van der Waals surface area contributed by atoms with E-state index in [0.717, 1.165) is 161 Å². The molecule has 0 aromatic carbocycles. The van der Waals surface area contributed by atoms with E-state index in [4.69, 9.17) is 37.0 Å². The number of aliphatic hydroxyl groups excluding tert-OH is 1. The first kappa shape index (κ1) is 99.2. The van der Waals surface area contributed by atoms with Gasteiger partial charge in [-0.1, -0.05) is 277 Å². The van der Waals surface area contributed by atoms with E-state index in [-0.39, 0.29) is 25.7 Å². The Labute approximate surface area is 631 Å². The zero-order valence-corrected chi connectivity index (χ0v) is 66.9. The molecule has 0 heterocycles. The van der Waals surface area contributed by atoms with Crippen LogP contribution < -0.4 is 0 Å². The van der Waals surface area contributed by atoms with Crippen molar-refractivity contribution in [3.8, 4) is 0 Å². The lowest BCUT2D eigenvalue weighted by Gasteiger charge is -2.21. The third-order valence-corrected chi connectivity index (χ3v) is 18.5. The molecule has 0 fully saturated rings. The van der Waals surface area contributed by atoms with E-state index in [1.165, 1.54) is 77.0 Å². The Morgan fingerprint density at radius 3 is 0.856 bits per heavy atom. The normalized spacial score (nSPS) is 14.6. The molecule has 0 aliphatic carbocycles. The lowest BCUT2D eigenvalue weighted by atomic mass is 10.1. The quantitative estimate of drug-likeness (QED) is 0.0169. The summed E-state index contributed by atoms with van der Waals surface area (Å²) in [6.07, 6.45) is 85.8. The molecule has 0 saturated carbocycles. The first-order valence-electron chi connectivity index (χ1n) is 40.4. The number of hydrogen-bond acceptors (Lipinski definition) is 15. The highest BCUT2D eigenvalue weighted by Gasteiger charge is 2.30. The van der Waals surface area contributed by atoms with Gasteiger partial charge in [0.05, 0.1) is 26.4 Å². The van der Waals surface area contributed by atoms with E-state index in [0.29, 0.717) is 32.1 Å². The van der Waals surface area contributed by atoms with Crippen LogP contribution in [-0.4, -0.2) is 96.7 Å². The number of esters is 4. The van der Waals surface area contributed by atoms with Gasteiger partial charge in [0.25, 0.3) is 0 Å². The molecule has 0 aliphatic rings. The van der Waals surface area contributed by atoms with Gasteiger partial charge >= 0.3 is 39.5 Å². The van der Waals surface area contributed by atoms with Crippen LogP contribution in [0.3, 0.4) is 0 Å². The molecule has 0 spiro atoms. The number of phosphoric ester groups is 2. The van der Waals surface area contributed by atoms with Crippen LogP contribution in [0.2, 0.25) is 0 Å². The van der Waals surface area contributed by atoms with Gasteiger partial charge in [-0.15, -0.1) is 0 Å². The molecule has 0 amide bonds. The molecular formula is C85H144O17P2. The molecule has 3 N–H and O–H groups in total. The highest BCUT2D eigenvalue weighted by Crippen LogP contribution is 2.45. The number of rotatable bonds is 75. The van der Waals surface area contributed by atoms with E-state index in [9.17, 15) is 43.2 Å². The van der Waals surface area contributed by atoms with Crippen LogP contribution in [0.5, 0.6) is 0 Å². The molecule has 5 atom stereocenters. The Hall–Kier alpha value is -4.80. The number of allylic oxidation sites excluding steroid dienone is 22. The van der Waals surface area contributed by atoms with Gasteiger partial charge < -0.3 is 33.8 Å². The van der Waals surface area contributed by atoms with Crippen LogP contribution in [0.25, 0.3) is 0 Å². The monoisotopic (exact) mass is 1500 g/mol. The largest absolute Gasteiger partial charge is 0.472 e. The van der Waals surface area contributed by atoms with E-state index in [2.05, 4.69) is 143 Å². The smallest absolute Gasteiger partial charge is 0.462 e. The van der Waals surface area contributed by atoms with Gasteiger partial charge in [0, 0.05) is 25.7 Å². The van der Waals surface area contributed by atoms with Crippen LogP contribution in [0.4, 0.5) is 0 Å². The molecule has 104 heavy (non-hydrogen) atoms. The third-order valence-electron chi connectivity index (χ3n) is 16.6. The molecule has 17 nitrogen and oxygen atoms in total. The zero-order valence-electron chi connectivity index (χ0n) is 65.2. The number of carbonyl (C=O) groups is 4. The Morgan fingerprint density at radius 2 is 0.519 bits per heavy atom. The van der Waals surface area contributed by atoms with Gasteiger partial charge in [-0.05, 0) is 154 Å². The average molecular weight is 1500 g/mol. The number of ether oxygens (including phenoxy) is 4. The minimum absolute atomic E-state index is 0.0318. The molecule has 596 valence electrons. The van der Waals surface area contributed by atoms with Crippen molar-refractivity contribution in [1.29, 1.82) is 0 Å². The zero-order chi connectivity index (χ0) is 76.0. The van der Waals surface area contributed by atoms with Crippen molar-refractivity contribution in [2.75, 3.05) is 39.6 Å². The van der Waals surface area contributed by atoms with Gasteiger partial charge in [0.1, 0.15) is 19.3 Å². The topological polar surface area (TPSA) is 237 Å². The summed E-state index contributed by atoms with van der Waals surface area (Å²) in [5.74, 6) is -2.31. The fourth-order valence-corrected chi connectivity index (χ4v) is 12.0. The van der Waals surface area contributed by atoms with E-state index >= 15 is 0 Å². The summed E-state index contributed by atoms with van der Waals surface area (Å²) >= 11 is 0. The molecule has 0 aromatic rings. The Balaban J connectivity index is 5.45. The second-order valence-electron chi connectivity index (χ2n) is 26.6. The average Bonchev–Trinajstić information content (AvgIpc) is 0.918. The van der Waals surface area contributed by atoms with Gasteiger partial charge in [0.2, 0.25) is 0 Å². The maximum absolute atomic E-state index is 13.1. The first-order valence-corrected chi connectivity index (χ1v) is 43.4. The fourth-order valence-electron chi connectivity index (χ4n) is 10.4. The molecule has 19 heteroatoms. The predicted octanol–water partition coefficient (Wildman–Crippen LogP) is 23.7. The lowest BCUT2D eigenvalue weighted by Crippen LogP contribution is -2.30. The van der Waals surface area contributed by atoms with Crippen molar-refractivity contribution in [2.45, 2.75) is 341 Å². The van der Waals surface area contributed by atoms with Crippen LogP contribution in [0, 0.1) is 0 Å². The summed E-state index contributed by atoms with van der Waals surface area (Å²) in [4.78, 5) is 73.0. The van der Waals surface area contributed by atoms with Crippen molar-refractivity contribution < 1.29 is 80.2 Å². The molecule has 0 aliphatic heterocycles. The van der Waals surface area contributed by atoms with Crippen molar-refractivity contribution >= 4 is 39.5 Å². The molecule has 2 unspecified atom stereocenters. The first-order chi connectivity index (χ1) is 50.7. The molecular weight excluding hydrogens is 1350 g/mol. The van der Waals surface area contributed by atoms with Crippen LogP contribution in [-0.2, 0) is 65.4 Å². The maximum atomic E-state index is 13.1. The van der Waals surface area contributed by atoms with Crippen molar-refractivity contribution in [2.24, 2.45) is 0 Å². The molecule has 0 bridgehead atoms. The summed E-state index contributed by atoms with van der Waals surface area (Å²) in [5.41, 5.74) is 0. The number of hydrogen-bond donors (Lipinski definition) is 3. The predicted molar refractivity (Wildman–Crippen MR) is 427 cm³/mol. The number of carbonyl (C=O) groups excluding carboxylic acids is 4. The van der Waals surface area contributed by atoms with Gasteiger partial charge in [-0.3, -0.25) is 37.3 Å². The second-order valence-corrected chi connectivity index (χ2v) is 29.5. The summed E-state index contributed by atoms with van der Waals surface area (Å²) in [7, 11) is -9.99. The molecule has 0 radical (unpaired) electrons. The third kappa shape index (κ3) is 75.4. The van der Waals surface area contributed by atoms with Crippen molar-refractivity contribution in [1.82, 2.24) is 0 Å². The number of phosphoric acid groups is 2. The van der Waals surface area contributed by atoms with Crippen LogP contribution >= 0.6 is 15.6 Å². The SMILES string of the molecule is CC/C=C\C/C=C\C/C=C\C/C=C\C/C=C\C/C=C\CCC(=O)OC[C@H](COP(=O)(O)OC[C@@H](O)COP(=O)(O)OC[C@@H](COC(=O)CCCCCCC/C=C\C/C=C\CCCCC)OC(=O)CCCCCCC/C=C\C/C=C\CCCCC)OC(=O)CCCCCCC/C=C\CCCCCCCC. The van der Waals surface area contributed by atoms with E-state index in [1.807, 2.05) is 18.2 Å². The second kappa shape index (κ2) is 76.4. The summed E-state index contributed by atoms with van der Waals surface area (Å²) in [6, 6.07) is 0. The minimum Gasteiger partial charge on any atom is -0.462 e. The highest BCUT2D eigenvalue weighted by atomic mass is 31.2. The fraction of sp³-hybridized carbons (Fsp3) is 0.694. The van der Waals surface area contributed by atoms with Crippen LogP contribution in [0.1, 0.15) is 323 Å². The highest BCUT2D eigenvalue weighted by molar-refractivity contribution is 7.47. The summed E-state index contributed by atoms with van der Waals surface area (Å²) in [6.45, 7) is 4.59. The molecule has 0 saturated heterocycles. The maximum Gasteiger partial charge on any atom is 0.472 e. The number of aliphatic hydroxyl groups is 1. The van der Waals surface area contributed by atoms with E-state index < -0.39 is 97.5 Å². The summed E-state index contributed by atoms with van der Waals surface area (Å²) in [5, 5.41) is 10.6. The molecule has 0 rings (SSSR count). The Kier molecular flexibility index (Phi) is 72.9. The minimum atomic E-state index is -5.00. The van der Waals surface area contributed by atoms with Crippen molar-refractivity contribution in [3.05, 3.63) is 134 Å². The standard InChI is InChI=1S/C85H144O17P2/c1-5-9-13-17-21-25-29-33-37-38-39-40-44-46-50-54-58-62-66-70-83(88)96-76-81(102-85(90)72-68-64-60-56-52-48-43-36-32-28-24-20-16-12-8-4)78-100-104(93,94)98-74-79(86)73-97-103(91,92)99-77-80(101-84(89)71-67-63-59-55-51-47-42-35-31-27-23-19-15-11-7-3)75-95-82(87)69-65-61-57-53-49-45-41-34-30-26-22-18-14-10-6-2/h9,13,21-23,25-27,33-37,39-43,46,50,58,62,79-81,86H,5-8,10-12,14-20,24,28-32,38,44-45,47-49,51-57,59-61,63-78H2,1-4H3,(H,91,92)(H,93,94)/b13-9-,25-21-,26-22-,27-23-,37-33-,40-39-,41-34-,42-35-,43-36-,50-46-,62-58-/t79-,80+,81+/m0/s1. The Bertz CT molecular complexity index is 2490. The number of unbranched alkanes of at least 4 members (excludes halogenated alkanes) is 27. The Morgan fingerprint density at radius 1 is 0.279 bits per heavy atom. The van der Waals surface area contributed by atoms with Gasteiger partial charge in [-0.2, -0.15) is 0 Å². The molecule has 0 aromatic heterocycles. The lowest BCUT2D eigenvalue weighted by molar-refractivity contribution is -0.161. The van der Waals surface area contributed by atoms with Crippen LogP contribution in [0.15, 0.2) is 134 Å². The van der Waals surface area contributed by atoms with E-state index in [1.54, 1.807) is 0 Å². The van der Waals surface area contributed by atoms with Gasteiger partial charge in [-0.25, -0.2) is 9.13 Å². The van der Waals surface area contributed by atoms with Gasteiger partial charge in [0.15, 0.2) is 12.2 Å². The van der Waals surface area contributed by atoms with Crippen molar-refractivity contribution in [3.63, 3.8) is 0 Å².